The van der Waals surface area contributed by atoms with E-state index in [1.165, 1.54) is 4.90 Å². The maximum Gasteiger partial charge on any atom is 0.260 e. The lowest BCUT2D eigenvalue weighted by atomic mass is 10.3. The minimum atomic E-state index is -0.214. The fraction of sp³-hybridized carbons (Fsp3) is 0.308. The van der Waals surface area contributed by atoms with Gasteiger partial charge >= 0.3 is 0 Å². The summed E-state index contributed by atoms with van der Waals surface area (Å²) in [5.41, 5.74) is 0. The van der Waals surface area contributed by atoms with E-state index in [4.69, 9.17) is 27.9 Å². The molecule has 2 aromatic rings. The summed E-state index contributed by atoms with van der Waals surface area (Å²) in [4.78, 5) is 17.6. The largest absolute Gasteiger partial charge is 0.482 e. The molecular weight excluding hydrogens is 315 g/mol. The Labute approximate surface area is 132 Å². The zero-order chi connectivity index (χ0) is 15.4. The zero-order valence-corrected chi connectivity index (χ0v) is 13.1. The molecule has 0 spiro atoms. The summed E-state index contributed by atoms with van der Waals surface area (Å²) >= 11 is 11.8. The van der Waals surface area contributed by atoms with E-state index in [1.54, 1.807) is 32.2 Å². The van der Waals surface area contributed by atoms with Gasteiger partial charge in [-0.15, -0.1) is 0 Å². The lowest BCUT2D eigenvalue weighted by Gasteiger charge is -2.16. The maximum atomic E-state index is 12.0. The highest BCUT2D eigenvalue weighted by atomic mass is 35.5. The molecule has 1 aromatic heterocycles. The number of aryl methyl sites for hydroxylation is 1. The fourth-order valence-corrected chi connectivity index (χ4v) is 1.93. The second-order valence-corrected chi connectivity index (χ2v) is 5.29. The summed E-state index contributed by atoms with van der Waals surface area (Å²) in [7, 11) is 1.65. The van der Waals surface area contributed by atoms with Crippen molar-refractivity contribution in [2.75, 3.05) is 13.7 Å². The number of aromatic amines is 1. The molecule has 0 atom stereocenters. The van der Waals surface area contributed by atoms with Crippen LogP contribution in [0.25, 0.3) is 0 Å². The summed E-state index contributed by atoms with van der Waals surface area (Å²) in [5.74, 6) is 1.41. The highest BCUT2D eigenvalue weighted by Gasteiger charge is 2.13. The van der Waals surface area contributed by atoms with Gasteiger partial charge < -0.3 is 9.64 Å². The molecule has 0 fully saturated rings. The van der Waals surface area contributed by atoms with Crippen LogP contribution < -0.4 is 4.74 Å². The van der Waals surface area contributed by atoms with E-state index in [0.717, 1.165) is 0 Å². The minimum absolute atomic E-state index is 0.139. The quantitative estimate of drug-likeness (QED) is 0.915. The number of nitrogens with one attached hydrogen (secondary N) is 1. The number of hydrogen-bond acceptors (Lipinski definition) is 4. The van der Waals surface area contributed by atoms with Gasteiger partial charge in [0.1, 0.15) is 11.6 Å². The number of carbonyl (C=O) groups is 1. The van der Waals surface area contributed by atoms with Gasteiger partial charge in [-0.25, -0.2) is 4.98 Å². The van der Waals surface area contributed by atoms with E-state index < -0.39 is 0 Å². The normalized spacial score (nSPS) is 10.5. The van der Waals surface area contributed by atoms with Crippen LogP contribution in [0.3, 0.4) is 0 Å². The van der Waals surface area contributed by atoms with Gasteiger partial charge in [-0.3, -0.25) is 9.89 Å². The number of carbonyl (C=O) groups excluding carboxylic acids is 1. The molecule has 6 nitrogen and oxygen atoms in total. The van der Waals surface area contributed by atoms with Crippen LogP contribution in [-0.2, 0) is 11.3 Å². The Morgan fingerprint density at radius 2 is 2.19 bits per heavy atom. The van der Waals surface area contributed by atoms with Crippen molar-refractivity contribution in [1.82, 2.24) is 20.1 Å². The van der Waals surface area contributed by atoms with E-state index >= 15 is 0 Å². The van der Waals surface area contributed by atoms with E-state index in [2.05, 4.69) is 15.2 Å². The van der Waals surface area contributed by atoms with Crippen molar-refractivity contribution in [2.24, 2.45) is 0 Å². The molecule has 1 aromatic carbocycles. The van der Waals surface area contributed by atoms with Crippen LogP contribution in [0, 0.1) is 6.92 Å². The van der Waals surface area contributed by atoms with Crippen LogP contribution in [0.2, 0.25) is 10.0 Å². The van der Waals surface area contributed by atoms with Crippen molar-refractivity contribution in [3.8, 4) is 5.75 Å². The van der Waals surface area contributed by atoms with Gasteiger partial charge in [0, 0.05) is 18.1 Å². The van der Waals surface area contributed by atoms with Crippen LogP contribution in [0.5, 0.6) is 5.75 Å². The number of amides is 1. The molecule has 0 radical (unpaired) electrons. The molecule has 8 heteroatoms. The third-order valence-corrected chi connectivity index (χ3v) is 3.24. The minimum Gasteiger partial charge on any atom is -0.482 e. The molecule has 0 saturated carbocycles. The molecular formula is C13H14Cl2N4O2. The van der Waals surface area contributed by atoms with Gasteiger partial charge in [-0.05, 0) is 19.1 Å². The van der Waals surface area contributed by atoms with Crippen molar-refractivity contribution >= 4 is 29.1 Å². The Morgan fingerprint density at radius 3 is 2.86 bits per heavy atom. The van der Waals surface area contributed by atoms with E-state index in [-0.39, 0.29) is 12.5 Å². The number of aromatic nitrogens is 3. The molecule has 0 bridgehead atoms. The molecule has 1 amide bonds. The highest BCUT2D eigenvalue weighted by Crippen LogP contribution is 2.27. The van der Waals surface area contributed by atoms with Crippen molar-refractivity contribution in [3.05, 3.63) is 39.9 Å². The summed E-state index contributed by atoms with van der Waals surface area (Å²) in [6.45, 7) is 1.96. The monoisotopic (exact) mass is 328 g/mol. The van der Waals surface area contributed by atoms with Crippen molar-refractivity contribution < 1.29 is 9.53 Å². The smallest absolute Gasteiger partial charge is 0.260 e. The summed E-state index contributed by atoms with van der Waals surface area (Å²) in [6.07, 6.45) is 0. The lowest BCUT2D eigenvalue weighted by molar-refractivity contribution is -0.132. The third-order valence-electron chi connectivity index (χ3n) is 2.69. The molecule has 2 rings (SSSR count). The molecule has 1 N–H and O–H groups in total. The number of hydrogen-bond donors (Lipinski definition) is 1. The first-order valence-electron chi connectivity index (χ1n) is 6.15. The van der Waals surface area contributed by atoms with Crippen LogP contribution in [0.1, 0.15) is 11.6 Å². The number of rotatable bonds is 5. The molecule has 0 aliphatic heterocycles. The Hall–Kier alpha value is -1.79. The number of halogens is 2. The average molecular weight is 329 g/mol. The number of nitrogens with zero attached hydrogens (tertiary/aromatic N) is 3. The van der Waals surface area contributed by atoms with E-state index in [0.29, 0.717) is 34.0 Å². The number of ether oxygens (including phenoxy) is 1. The lowest BCUT2D eigenvalue weighted by Crippen LogP contribution is -2.31. The summed E-state index contributed by atoms with van der Waals surface area (Å²) in [5, 5.41) is 7.59. The van der Waals surface area contributed by atoms with Crippen molar-refractivity contribution in [3.63, 3.8) is 0 Å². The molecule has 1 heterocycles. The zero-order valence-electron chi connectivity index (χ0n) is 11.6. The van der Waals surface area contributed by atoms with Crippen molar-refractivity contribution in [2.45, 2.75) is 13.5 Å². The molecule has 0 unspecified atom stereocenters. The standard InChI is InChI=1S/C13H14Cl2N4O2/c1-8-16-12(18-17-8)6-19(2)13(20)7-21-11-5-9(14)3-4-10(11)15/h3-5H,6-7H2,1-2H3,(H,16,17,18). The first-order chi connectivity index (χ1) is 9.95. The van der Waals surface area contributed by atoms with Gasteiger partial charge in [-0.1, -0.05) is 23.2 Å². The van der Waals surface area contributed by atoms with Gasteiger partial charge in [0.05, 0.1) is 11.6 Å². The molecule has 0 saturated heterocycles. The Balaban J connectivity index is 1.90. The second kappa shape index (κ2) is 6.78. The number of H-pyrrole nitrogens is 1. The molecule has 0 aliphatic carbocycles. The first-order valence-corrected chi connectivity index (χ1v) is 6.91. The van der Waals surface area contributed by atoms with Crippen LogP contribution in [0.15, 0.2) is 18.2 Å². The summed E-state index contributed by atoms with van der Waals surface area (Å²) < 4.78 is 5.39. The maximum absolute atomic E-state index is 12.0. The fourth-order valence-electron chi connectivity index (χ4n) is 1.60. The predicted molar refractivity (Wildman–Crippen MR) is 79.6 cm³/mol. The van der Waals surface area contributed by atoms with E-state index in [1.807, 2.05) is 0 Å². The van der Waals surface area contributed by atoms with Crippen molar-refractivity contribution in [1.29, 1.82) is 0 Å². The Morgan fingerprint density at radius 1 is 1.43 bits per heavy atom. The topological polar surface area (TPSA) is 71.1 Å². The molecule has 112 valence electrons. The van der Waals surface area contributed by atoms with E-state index in [9.17, 15) is 4.79 Å². The van der Waals surface area contributed by atoms with Crippen LogP contribution in [0.4, 0.5) is 0 Å². The van der Waals surface area contributed by atoms with Crippen LogP contribution >= 0.6 is 23.2 Å². The first kappa shape index (κ1) is 15.6. The van der Waals surface area contributed by atoms with Gasteiger partial charge in [0.15, 0.2) is 12.4 Å². The SMILES string of the molecule is Cc1nc(CN(C)C(=O)COc2cc(Cl)ccc2Cl)n[nH]1. The number of likely N-dealkylation sites (N-methyl/N-ethyl adjacent to an activating group) is 1. The molecule has 21 heavy (non-hydrogen) atoms. The Bertz CT molecular complexity index is 645. The number of benzene rings is 1. The Kier molecular flexibility index (Phi) is 5.03. The summed E-state index contributed by atoms with van der Waals surface area (Å²) in [6, 6.07) is 4.83. The van der Waals surface area contributed by atoms with Gasteiger partial charge in [-0.2, -0.15) is 5.10 Å². The highest BCUT2D eigenvalue weighted by molar-refractivity contribution is 6.34. The predicted octanol–water partition coefficient (Wildman–Crippen LogP) is 2.46. The van der Waals surface area contributed by atoms with Gasteiger partial charge in [0.2, 0.25) is 0 Å². The molecule has 0 aliphatic rings. The third kappa shape index (κ3) is 4.34. The second-order valence-electron chi connectivity index (χ2n) is 4.45. The van der Waals surface area contributed by atoms with Gasteiger partial charge in [0.25, 0.3) is 5.91 Å². The average Bonchev–Trinajstić information content (AvgIpc) is 2.84. The van der Waals surface area contributed by atoms with Crippen LogP contribution in [-0.4, -0.2) is 39.6 Å².